The molecule has 0 fully saturated rings. The van der Waals surface area contributed by atoms with Gasteiger partial charge in [-0.15, -0.1) is 11.3 Å². The Labute approximate surface area is 122 Å². The Kier molecular flexibility index (Phi) is 3.70. The summed E-state index contributed by atoms with van der Waals surface area (Å²) >= 11 is 1.66. The van der Waals surface area contributed by atoms with Crippen molar-refractivity contribution in [1.82, 2.24) is 0 Å². The molecule has 3 rings (SSSR count). The average Bonchev–Trinajstić information content (AvgIpc) is 2.92. The number of nitrogens with zero attached hydrogens (tertiary/aromatic N) is 2. The third-order valence-corrected chi connectivity index (χ3v) is 4.78. The predicted octanol–water partition coefficient (Wildman–Crippen LogP) is 4.54. The molecule has 0 bridgehead atoms. The first-order valence-corrected chi connectivity index (χ1v) is 7.74. The fraction of sp³-hybridized carbons (Fsp3) is 0.375. The van der Waals surface area contributed by atoms with Crippen LogP contribution >= 0.6 is 11.3 Å². The summed E-state index contributed by atoms with van der Waals surface area (Å²) in [7, 11) is 0. The van der Waals surface area contributed by atoms with Crippen LogP contribution in [0.2, 0.25) is 0 Å². The molecule has 0 saturated carbocycles. The summed E-state index contributed by atoms with van der Waals surface area (Å²) < 4.78 is 5.47. The van der Waals surface area contributed by atoms with Gasteiger partial charge in [0.1, 0.15) is 22.6 Å². The van der Waals surface area contributed by atoms with Gasteiger partial charge in [-0.25, -0.2) is 4.99 Å². The van der Waals surface area contributed by atoms with Gasteiger partial charge in [0.25, 0.3) is 0 Å². The molecule has 0 aromatic carbocycles. The molecule has 1 aliphatic rings. The van der Waals surface area contributed by atoms with Gasteiger partial charge in [0.2, 0.25) is 0 Å². The smallest absolute Gasteiger partial charge is 0.145 e. The highest BCUT2D eigenvalue weighted by molar-refractivity contribution is 7.16. The van der Waals surface area contributed by atoms with E-state index < -0.39 is 0 Å². The molecule has 0 unspecified atom stereocenters. The van der Waals surface area contributed by atoms with Gasteiger partial charge in [-0.05, 0) is 50.3 Å². The first-order chi connectivity index (χ1) is 9.78. The predicted molar refractivity (Wildman–Crippen MR) is 81.0 cm³/mol. The molecule has 2 aromatic rings. The number of rotatable bonds is 2. The van der Waals surface area contributed by atoms with E-state index in [1.165, 1.54) is 29.7 Å². The highest BCUT2D eigenvalue weighted by Gasteiger charge is 2.19. The molecule has 0 atom stereocenters. The van der Waals surface area contributed by atoms with Crippen molar-refractivity contribution in [2.75, 3.05) is 0 Å². The first-order valence-electron chi connectivity index (χ1n) is 6.93. The standard InChI is InChI=1S/C16H16N2OS/c1-11-7-8-12(19-11)10-18-16-14(9-17)13-5-3-2-4-6-15(13)20-16/h7-8,10H,2-6H2,1H3. The Morgan fingerprint density at radius 1 is 1.30 bits per heavy atom. The molecule has 0 radical (unpaired) electrons. The lowest BCUT2D eigenvalue weighted by Gasteiger charge is -1.96. The summed E-state index contributed by atoms with van der Waals surface area (Å²) in [4.78, 5) is 5.82. The zero-order valence-corrected chi connectivity index (χ0v) is 12.3. The monoisotopic (exact) mass is 284 g/mol. The molecule has 1 aliphatic carbocycles. The normalized spacial score (nSPS) is 15.0. The number of thiophene rings is 1. The summed E-state index contributed by atoms with van der Waals surface area (Å²) in [6.45, 7) is 1.91. The van der Waals surface area contributed by atoms with Gasteiger partial charge < -0.3 is 4.42 Å². The number of furan rings is 1. The number of nitriles is 1. The van der Waals surface area contributed by atoms with E-state index in [2.05, 4.69) is 11.1 Å². The van der Waals surface area contributed by atoms with E-state index in [1.54, 1.807) is 17.6 Å². The minimum atomic E-state index is 0.731. The van der Waals surface area contributed by atoms with Crippen LogP contribution in [0, 0.1) is 18.3 Å². The van der Waals surface area contributed by atoms with Crippen LogP contribution < -0.4 is 0 Å². The van der Waals surface area contributed by atoms with Gasteiger partial charge in [-0.3, -0.25) is 0 Å². The lowest BCUT2D eigenvalue weighted by molar-refractivity contribution is 0.528. The third-order valence-electron chi connectivity index (χ3n) is 3.58. The van der Waals surface area contributed by atoms with Gasteiger partial charge in [-0.1, -0.05) is 6.42 Å². The van der Waals surface area contributed by atoms with Crippen LogP contribution in [0.15, 0.2) is 21.5 Å². The lowest BCUT2D eigenvalue weighted by Crippen LogP contribution is -1.87. The summed E-state index contributed by atoms with van der Waals surface area (Å²) in [5.41, 5.74) is 2.00. The summed E-state index contributed by atoms with van der Waals surface area (Å²) in [5.74, 6) is 1.60. The second-order valence-electron chi connectivity index (χ2n) is 5.06. The fourth-order valence-corrected chi connectivity index (χ4v) is 3.76. The van der Waals surface area contributed by atoms with Gasteiger partial charge in [-0.2, -0.15) is 5.26 Å². The van der Waals surface area contributed by atoms with E-state index in [1.807, 2.05) is 19.1 Å². The highest BCUT2D eigenvalue weighted by Crippen LogP contribution is 2.38. The topological polar surface area (TPSA) is 49.3 Å². The number of hydrogen-bond donors (Lipinski definition) is 0. The molecule has 0 spiro atoms. The fourth-order valence-electron chi connectivity index (χ4n) is 2.58. The number of aryl methyl sites for hydroxylation is 2. The molecular formula is C16H16N2OS. The molecule has 102 valence electrons. The summed E-state index contributed by atoms with van der Waals surface area (Å²) in [6.07, 6.45) is 7.47. The molecule has 2 aromatic heterocycles. The van der Waals surface area contributed by atoms with Crippen LogP contribution in [0.3, 0.4) is 0 Å². The van der Waals surface area contributed by atoms with Crippen molar-refractivity contribution < 1.29 is 4.42 Å². The van der Waals surface area contributed by atoms with Crippen LogP contribution in [-0.4, -0.2) is 6.21 Å². The van der Waals surface area contributed by atoms with E-state index in [0.717, 1.165) is 34.9 Å². The molecule has 0 aliphatic heterocycles. The molecule has 3 nitrogen and oxygen atoms in total. The van der Waals surface area contributed by atoms with E-state index in [0.29, 0.717) is 0 Å². The van der Waals surface area contributed by atoms with Crippen LogP contribution in [0.4, 0.5) is 5.00 Å². The minimum absolute atomic E-state index is 0.731. The molecule has 20 heavy (non-hydrogen) atoms. The van der Waals surface area contributed by atoms with Crippen LogP contribution in [0.5, 0.6) is 0 Å². The minimum Gasteiger partial charge on any atom is -0.460 e. The SMILES string of the molecule is Cc1ccc(C=Nc2sc3c(c2C#N)CCCCC3)o1. The van der Waals surface area contributed by atoms with E-state index in [4.69, 9.17) is 4.42 Å². The average molecular weight is 284 g/mol. The van der Waals surface area contributed by atoms with E-state index in [-0.39, 0.29) is 0 Å². The highest BCUT2D eigenvalue weighted by atomic mass is 32.1. The van der Waals surface area contributed by atoms with Crippen molar-refractivity contribution in [2.24, 2.45) is 4.99 Å². The molecular weight excluding hydrogens is 268 g/mol. The molecule has 0 saturated heterocycles. The number of fused-ring (bicyclic) bond motifs is 1. The van der Waals surface area contributed by atoms with Gasteiger partial charge in [0.15, 0.2) is 0 Å². The Morgan fingerprint density at radius 3 is 2.90 bits per heavy atom. The zero-order valence-electron chi connectivity index (χ0n) is 11.5. The van der Waals surface area contributed by atoms with Crippen molar-refractivity contribution in [1.29, 1.82) is 5.26 Å². The van der Waals surface area contributed by atoms with Crippen LogP contribution in [0.25, 0.3) is 0 Å². The quantitative estimate of drug-likeness (QED) is 0.600. The van der Waals surface area contributed by atoms with Crippen LogP contribution in [0.1, 0.15) is 46.8 Å². The second-order valence-corrected chi connectivity index (χ2v) is 6.15. The van der Waals surface area contributed by atoms with E-state index in [9.17, 15) is 5.26 Å². The van der Waals surface area contributed by atoms with Gasteiger partial charge >= 0.3 is 0 Å². The Hall–Kier alpha value is -1.86. The van der Waals surface area contributed by atoms with Crippen LogP contribution in [-0.2, 0) is 12.8 Å². The molecule has 4 heteroatoms. The third kappa shape index (κ3) is 2.54. The van der Waals surface area contributed by atoms with Crippen molar-refractivity contribution in [3.05, 3.63) is 39.7 Å². The molecule has 0 amide bonds. The maximum absolute atomic E-state index is 9.42. The molecule has 0 N–H and O–H groups in total. The first kappa shape index (κ1) is 13.1. The maximum atomic E-state index is 9.42. The Balaban J connectivity index is 1.94. The van der Waals surface area contributed by atoms with Crippen molar-refractivity contribution in [3.8, 4) is 6.07 Å². The van der Waals surface area contributed by atoms with Crippen molar-refractivity contribution in [2.45, 2.75) is 39.0 Å². The van der Waals surface area contributed by atoms with Gasteiger partial charge in [0.05, 0.1) is 11.8 Å². The van der Waals surface area contributed by atoms with Crippen molar-refractivity contribution >= 4 is 22.6 Å². The summed E-state index contributed by atoms with van der Waals surface area (Å²) in [5, 5.41) is 10.2. The number of aliphatic imine (C=N–C) groups is 1. The maximum Gasteiger partial charge on any atom is 0.145 e. The summed E-state index contributed by atoms with van der Waals surface area (Å²) in [6, 6.07) is 6.14. The zero-order chi connectivity index (χ0) is 13.9. The van der Waals surface area contributed by atoms with Crippen molar-refractivity contribution in [3.63, 3.8) is 0 Å². The largest absolute Gasteiger partial charge is 0.460 e. The Bertz CT molecular complexity index is 688. The second kappa shape index (κ2) is 5.64. The van der Waals surface area contributed by atoms with Gasteiger partial charge in [0, 0.05) is 4.88 Å². The number of hydrogen-bond acceptors (Lipinski definition) is 4. The van der Waals surface area contributed by atoms with E-state index >= 15 is 0 Å². The lowest BCUT2D eigenvalue weighted by atomic mass is 10.1. The molecule has 2 heterocycles. The Morgan fingerprint density at radius 2 is 2.15 bits per heavy atom.